The SMILES string of the molecule is CC.CCCN/C(=C\NN)CCC. The molecule has 0 bridgehead atoms. The van der Waals surface area contributed by atoms with Crippen LogP contribution < -0.4 is 16.6 Å². The topological polar surface area (TPSA) is 50.1 Å². The number of hydrogen-bond donors (Lipinski definition) is 3. The molecule has 0 fully saturated rings. The summed E-state index contributed by atoms with van der Waals surface area (Å²) in [5.41, 5.74) is 3.73. The zero-order valence-corrected chi connectivity index (χ0v) is 9.48. The Morgan fingerprint density at radius 1 is 1.23 bits per heavy atom. The van der Waals surface area contributed by atoms with Crippen molar-refractivity contribution in [3.8, 4) is 0 Å². The van der Waals surface area contributed by atoms with Gasteiger partial charge in [-0.15, -0.1) is 0 Å². The number of hydrogen-bond acceptors (Lipinski definition) is 3. The van der Waals surface area contributed by atoms with Crippen molar-refractivity contribution in [1.29, 1.82) is 0 Å². The summed E-state index contributed by atoms with van der Waals surface area (Å²) >= 11 is 0. The first-order valence-electron chi connectivity index (χ1n) is 5.24. The van der Waals surface area contributed by atoms with Crippen molar-refractivity contribution in [2.24, 2.45) is 5.84 Å². The number of allylic oxidation sites excluding steroid dienone is 1. The van der Waals surface area contributed by atoms with Crippen LogP contribution in [0.3, 0.4) is 0 Å². The molecule has 0 atom stereocenters. The second kappa shape index (κ2) is 13.9. The molecule has 80 valence electrons. The first-order chi connectivity index (χ1) is 6.35. The molecule has 0 spiro atoms. The third kappa shape index (κ3) is 11.3. The highest BCUT2D eigenvalue weighted by atomic mass is 15.2. The van der Waals surface area contributed by atoms with Gasteiger partial charge in [0.05, 0.1) is 0 Å². The second-order valence-electron chi connectivity index (χ2n) is 2.51. The summed E-state index contributed by atoms with van der Waals surface area (Å²) in [5.74, 6) is 5.17. The summed E-state index contributed by atoms with van der Waals surface area (Å²) in [6.45, 7) is 9.32. The van der Waals surface area contributed by atoms with Crippen LogP contribution in [0.25, 0.3) is 0 Å². The summed E-state index contributed by atoms with van der Waals surface area (Å²) in [6, 6.07) is 0. The van der Waals surface area contributed by atoms with Crippen LogP contribution in [0.15, 0.2) is 11.9 Å². The summed E-state index contributed by atoms with van der Waals surface area (Å²) < 4.78 is 0. The van der Waals surface area contributed by atoms with Crippen LogP contribution in [0.2, 0.25) is 0 Å². The van der Waals surface area contributed by atoms with E-state index in [0.717, 1.165) is 25.8 Å². The van der Waals surface area contributed by atoms with Crippen molar-refractivity contribution in [3.63, 3.8) is 0 Å². The van der Waals surface area contributed by atoms with Crippen LogP contribution in [-0.2, 0) is 0 Å². The normalized spacial score (nSPS) is 10.1. The van der Waals surface area contributed by atoms with Gasteiger partial charge in [-0.1, -0.05) is 34.1 Å². The van der Waals surface area contributed by atoms with Crippen LogP contribution >= 0.6 is 0 Å². The van der Waals surface area contributed by atoms with E-state index in [2.05, 4.69) is 24.6 Å². The summed E-state index contributed by atoms with van der Waals surface area (Å²) in [4.78, 5) is 0. The molecule has 0 aromatic rings. The van der Waals surface area contributed by atoms with Gasteiger partial charge in [-0.2, -0.15) is 0 Å². The first-order valence-corrected chi connectivity index (χ1v) is 5.24. The Hall–Kier alpha value is -0.700. The Morgan fingerprint density at radius 2 is 1.85 bits per heavy atom. The summed E-state index contributed by atoms with van der Waals surface area (Å²) in [7, 11) is 0. The first kappa shape index (κ1) is 14.8. The van der Waals surface area contributed by atoms with Crippen molar-refractivity contribution in [1.82, 2.24) is 10.7 Å². The van der Waals surface area contributed by atoms with E-state index in [0.29, 0.717) is 0 Å². The van der Waals surface area contributed by atoms with E-state index >= 15 is 0 Å². The van der Waals surface area contributed by atoms with Gasteiger partial charge in [-0.25, -0.2) is 0 Å². The molecule has 0 rings (SSSR count). The van der Waals surface area contributed by atoms with Crippen LogP contribution in [0.1, 0.15) is 47.0 Å². The van der Waals surface area contributed by atoms with E-state index in [1.807, 2.05) is 20.0 Å². The highest BCUT2D eigenvalue weighted by Crippen LogP contribution is 1.98. The maximum Gasteiger partial charge on any atom is 0.0312 e. The maximum atomic E-state index is 5.17. The minimum atomic E-state index is 1.02. The average molecular weight is 187 g/mol. The molecule has 0 aliphatic heterocycles. The lowest BCUT2D eigenvalue weighted by molar-refractivity contribution is 0.704. The molecule has 0 saturated carbocycles. The van der Waals surface area contributed by atoms with E-state index in [1.165, 1.54) is 5.70 Å². The quantitative estimate of drug-likeness (QED) is 0.441. The van der Waals surface area contributed by atoms with Crippen LogP contribution in [-0.4, -0.2) is 6.54 Å². The predicted molar refractivity (Wildman–Crippen MR) is 60.0 cm³/mol. The molecule has 0 unspecified atom stereocenters. The minimum Gasteiger partial charge on any atom is -0.387 e. The van der Waals surface area contributed by atoms with Crippen LogP contribution in [0, 0.1) is 0 Å². The number of nitrogens with one attached hydrogen (secondary N) is 2. The minimum absolute atomic E-state index is 1.02. The molecular formula is C10H25N3. The van der Waals surface area contributed by atoms with Crippen molar-refractivity contribution >= 4 is 0 Å². The van der Waals surface area contributed by atoms with Gasteiger partial charge in [0.1, 0.15) is 0 Å². The molecule has 0 aliphatic rings. The number of rotatable bonds is 6. The van der Waals surface area contributed by atoms with Crippen molar-refractivity contribution in [2.45, 2.75) is 47.0 Å². The van der Waals surface area contributed by atoms with Gasteiger partial charge in [0.25, 0.3) is 0 Å². The summed E-state index contributed by atoms with van der Waals surface area (Å²) in [5, 5.41) is 3.29. The maximum absolute atomic E-state index is 5.17. The Balaban J connectivity index is 0. The molecule has 0 amide bonds. The molecule has 0 aromatic heterocycles. The molecule has 4 N–H and O–H groups in total. The molecule has 0 radical (unpaired) electrons. The van der Waals surface area contributed by atoms with Gasteiger partial charge in [0.15, 0.2) is 0 Å². The monoisotopic (exact) mass is 187 g/mol. The fourth-order valence-electron chi connectivity index (χ4n) is 0.867. The molecule has 13 heavy (non-hydrogen) atoms. The van der Waals surface area contributed by atoms with E-state index in [-0.39, 0.29) is 0 Å². The van der Waals surface area contributed by atoms with Crippen molar-refractivity contribution in [2.75, 3.05) is 6.54 Å². The lowest BCUT2D eigenvalue weighted by atomic mass is 10.2. The fourth-order valence-corrected chi connectivity index (χ4v) is 0.867. The Morgan fingerprint density at radius 3 is 2.23 bits per heavy atom. The average Bonchev–Trinajstić information content (AvgIpc) is 2.18. The molecular weight excluding hydrogens is 162 g/mol. The fraction of sp³-hybridized carbons (Fsp3) is 0.800. The summed E-state index contributed by atoms with van der Waals surface area (Å²) in [6.07, 6.45) is 5.17. The number of nitrogens with two attached hydrogens (primary N) is 1. The molecule has 0 aromatic carbocycles. The van der Waals surface area contributed by atoms with Gasteiger partial charge in [-0.05, 0) is 12.8 Å². The third-order valence-corrected chi connectivity index (χ3v) is 1.38. The van der Waals surface area contributed by atoms with Crippen LogP contribution in [0.5, 0.6) is 0 Å². The van der Waals surface area contributed by atoms with Gasteiger partial charge in [0.2, 0.25) is 0 Å². The standard InChI is InChI=1S/C8H19N3.C2H6/c1-3-5-8(7-11-9)10-6-4-2;1-2/h7,10-11H,3-6,9H2,1-2H3;1-2H3/b8-7-;. The second-order valence-corrected chi connectivity index (χ2v) is 2.51. The van der Waals surface area contributed by atoms with Crippen LogP contribution in [0.4, 0.5) is 0 Å². The highest BCUT2D eigenvalue weighted by Gasteiger charge is 1.91. The molecule has 3 nitrogen and oxygen atoms in total. The van der Waals surface area contributed by atoms with Gasteiger partial charge < -0.3 is 10.7 Å². The van der Waals surface area contributed by atoms with Gasteiger partial charge in [-0.3, -0.25) is 5.84 Å². The molecule has 0 saturated heterocycles. The van der Waals surface area contributed by atoms with Gasteiger partial charge >= 0.3 is 0 Å². The molecule has 0 heterocycles. The smallest absolute Gasteiger partial charge is 0.0312 e. The lowest BCUT2D eigenvalue weighted by Crippen LogP contribution is -2.21. The van der Waals surface area contributed by atoms with E-state index in [1.54, 1.807) is 0 Å². The zero-order valence-electron chi connectivity index (χ0n) is 9.48. The van der Waals surface area contributed by atoms with E-state index in [9.17, 15) is 0 Å². The molecule has 3 heteroatoms. The molecule has 0 aliphatic carbocycles. The lowest BCUT2D eigenvalue weighted by Gasteiger charge is -2.08. The Kier molecular flexibility index (Phi) is 15.8. The Bertz CT molecular complexity index is 111. The zero-order chi connectivity index (χ0) is 10.5. The van der Waals surface area contributed by atoms with E-state index in [4.69, 9.17) is 5.84 Å². The van der Waals surface area contributed by atoms with Crippen molar-refractivity contribution in [3.05, 3.63) is 11.9 Å². The Labute approximate surface area is 82.7 Å². The predicted octanol–water partition coefficient (Wildman–Crippen LogP) is 2.12. The number of hydrazine groups is 1. The van der Waals surface area contributed by atoms with E-state index < -0.39 is 0 Å². The highest BCUT2D eigenvalue weighted by molar-refractivity contribution is 4.96. The largest absolute Gasteiger partial charge is 0.387 e. The van der Waals surface area contributed by atoms with Crippen molar-refractivity contribution < 1.29 is 0 Å². The van der Waals surface area contributed by atoms with Gasteiger partial charge in [0, 0.05) is 18.4 Å². The third-order valence-electron chi connectivity index (χ3n) is 1.38.